The topological polar surface area (TPSA) is 70.7 Å². The van der Waals surface area contributed by atoms with Gasteiger partial charge in [-0.25, -0.2) is 0 Å². The van der Waals surface area contributed by atoms with Crippen LogP contribution in [-0.4, -0.2) is 48.6 Å². The number of carbonyl (C=O) groups excluding carboxylic acids is 2. The van der Waals surface area contributed by atoms with Gasteiger partial charge in [0.15, 0.2) is 0 Å². The summed E-state index contributed by atoms with van der Waals surface area (Å²) in [6.07, 6.45) is 0.527. The van der Waals surface area contributed by atoms with E-state index in [1.165, 1.54) is 0 Å². The van der Waals surface area contributed by atoms with Crippen molar-refractivity contribution in [1.82, 2.24) is 4.90 Å². The van der Waals surface area contributed by atoms with E-state index in [0.29, 0.717) is 35.5 Å². The number of benzene rings is 1. The Morgan fingerprint density at radius 2 is 2.08 bits per heavy atom. The largest absolute Gasteiger partial charge is 0.375 e. The minimum atomic E-state index is -0.156. The van der Waals surface area contributed by atoms with Crippen LogP contribution in [0.4, 0.5) is 11.4 Å². The van der Waals surface area contributed by atoms with Gasteiger partial charge in [-0.05, 0) is 32.0 Å². The molecule has 0 spiro atoms. The Labute approximate surface area is 153 Å². The molecule has 0 saturated carbocycles. The van der Waals surface area contributed by atoms with Gasteiger partial charge in [-0.3, -0.25) is 14.5 Å². The van der Waals surface area contributed by atoms with E-state index in [2.05, 4.69) is 29.4 Å². The summed E-state index contributed by atoms with van der Waals surface area (Å²) >= 11 is 6.15. The molecule has 7 heteroatoms. The molecular formula is C18H26ClN3O3. The van der Waals surface area contributed by atoms with E-state index in [1.54, 1.807) is 25.1 Å². The minimum Gasteiger partial charge on any atom is -0.375 e. The monoisotopic (exact) mass is 367 g/mol. The van der Waals surface area contributed by atoms with Crippen LogP contribution in [0.3, 0.4) is 0 Å². The van der Waals surface area contributed by atoms with Gasteiger partial charge in [-0.2, -0.15) is 0 Å². The van der Waals surface area contributed by atoms with Crippen LogP contribution in [0.15, 0.2) is 18.2 Å². The first-order valence-electron chi connectivity index (χ1n) is 8.64. The number of amides is 2. The van der Waals surface area contributed by atoms with E-state index in [9.17, 15) is 9.59 Å². The third-order valence-electron chi connectivity index (χ3n) is 4.16. The Morgan fingerprint density at radius 1 is 1.32 bits per heavy atom. The van der Waals surface area contributed by atoms with E-state index in [0.717, 1.165) is 13.1 Å². The number of morpholine rings is 1. The summed E-state index contributed by atoms with van der Waals surface area (Å²) in [4.78, 5) is 26.1. The van der Waals surface area contributed by atoms with Crippen LogP contribution in [0.25, 0.3) is 0 Å². The molecule has 2 rings (SSSR count). The summed E-state index contributed by atoms with van der Waals surface area (Å²) in [5, 5.41) is 5.99. The van der Waals surface area contributed by atoms with Crippen molar-refractivity contribution in [1.29, 1.82) is 0 Å². The van der Waals surface area contributed by atoms with Crippen molar-refractivity contribution < 1.29 is 14.3 Å². The molecule has 0 aromatic heterocycles. The predicted molar refractivity (Wildman–Crippen MR) is 100 cm³/mol. The fraction of sp³-hybridized carbons (Fsp3) is 0.556. The number of anilines is 2. The van der Waals surface area contributed by atoms with Gasteiger partial charge in [-0.15, -0.1) is 0 Å². The molecule has 0 radical (unpaired) electrons. The second-order valence-electron chi connectivity index (χ2n) is 6.43. The Kier molecular flexibility index (Phi) is 7.23. The number of hydrogen-bond donors (Lipinski definition) is 2. The standard InChI is InChI=1S/C18H26ClN3O3/c1-4-17(23)20-13-5-6-15(19)16(9-13)21-18(24)10-14-11-22(12(2)3)7-8-25-14/h5-6,9,12,14H,4,7-8,10-11H2,1-3H3,(H,20,23)(H,21,24). The molecule has 138 valence electrons. The Bertz CT molecular complexity index is 622. The zero-order valence-electron chi connectivity index (χ0n) is 15.0. The van der Waals surface area contributed by atoms with Crippen molar-refractivity contribution in [2.45, 2.75) is 45.8 Å². The SMILES string of the molecule is CCC(=O)Nc1ccc(Cl)c(NC(=O)CC2CN(C(C)C)CCO2)c1. The van der Waals surface area contributed by atoms with Gasteiger partial charge in [0.25, 0.3) is 0 Å². The zero-order chi connectivity index (χ0) is 18.4. The first kappa shape index (κ1) is 19.7. The van der Waals surface area contributed by atoms with Gasteiger partial charge in [0.1, 0.15) is 0 Å². The first-order chi connectivity index (χ1) is 11.9. The molecular weight excluding hydrogens is 342 g/mol. The average Bonchev–Trinajstić information content (AvgIpc) is 2.57. The van der Waals surface area contributed by atoms with Gasteiger partial charge in [0.05, 0.1) is 29.8 Å². The average molecular weight is 368 g/mol. The van der Waals surface area contributed by atoms with E-state index in [1.807, 2.05) is 0 Å². The van der Waals surface area contributed by atoms with Crippen LogP contribution < -0.4 is 10.6 Å². The quantitative estimate of drug-likeness (QED) is 0.810. The molecule has 1 aliphatic heterocycles. The van der Waals surface area contributed by atoms with Gasteiger partial charge < -0.3 is 15.4 Å². The summed E-state index contributed by atoms with van der Waals surface area (Å²) in [6, 6.07) is 5.45. The van der Waals surface area contributed by atoms with Gasteiger partial charge in [0.2, 0.25) is 11.8 Å². The summed E-state index contributed by atoms with van der Waals surface area (Å²) < 4.78 is 5.70. The zero-order valence-corrected chi connectivity index (χ0v) is 15.7. The van der Waals surface area contributed by atoms with Crippen LogP contribution in [0.2, 0.25) is 5.02 Å². The fourth-order valence-corrected chi connectivity index (χ4v) is 2.86. The van der Waals surface area contributed by atoms with E-state index in [-0.39, 0.29) is 24.3 Å². The number of halogens is 1. The molecule has 2 amide bonds. The molecule has 1 atom stereocenters. The maximum absolute atomic E-state index is 12.3. The molecule has 1 fully saturated rings. The number of carbonyl (C=O) groups is 2. The van der Waals surface area contributed by atoms with Crippen molar-refractivity contribution in [2.24, 2.45) is 0 Å². The van der Waals surface area contributed by atoms with Crippen LogP contribution in [0.1, 0.15) is 33.6 Å². The normalized spacial score (nSPS) is 18.2. The Hall–Kier alpha value is -1.63. The van der Waals surface area contributed by atoms with Crippen LogP contribution in [0.5, 0.6) is 0 Å². The smallest absolute Gasteiger partial charge is 0.227 e. The number of nitrogens with one attached hydrogen (secondary N) is 2. The van der Waals surface area contributed by atoms with E-state index in [4.69, 9.17) is 16.3 Å². The fourth-order valence-electron chi connectivity index (χ4n) is 2.69. The molecule has 25 heavy (non-hydrogen) atoms. The van der Waals surface area contributed by atoms with Gasteiger partial charge in [-0.1, -0.05) is 18.5 Å². The molecule has 1 saturated heterocycles. The number of hydrogen-bond acceptors (Lipinski definition) is 4. The molecule has 0 aliphatic carbocycles. The van der Waals surface area contributed by atoms with Crippen molar-refractivity contribution in [3.05, 3.63) is 23.2 Å². The maximum atomic E-state index is 12.3. The lowest BCUT2D eigenvalue weighted by Crippen LogP contribution is -2.46. The minimum absolute atomic E-state index is 0.0935. The molecule has 0 bridgehead atoms. The molecule has 1 unspecified atom stereocenters. The number of rotatable bonds is 6. The highest BCUT2D eigenvalue weighted by atomic mass is 35.5. The Morgan fingerprint density at radius 3 is 2.76 bits per heavy atom. The van der Waals surface area contributed by atoms with Crippen LogP contribution in [0, 0.1) is 0 Å². The molecule has 1 aromatic carbocycles. The number of nitrogens with zero attached hydrogens (tertiary/aromatic N) is 1. The maximum Gasteiger partial charge on any atom is 0.227 e. The third kappa shape index (κ3) is 5.99. The molecule has 1 aliphatic rings. The first-order valence-corrected chi connectivity index (χ1v) is 9.01. The van der Waals surface area contributed by atoms with Crippen LogP contribution >= 0.6 is 11.6 Å². The lowest BCUT2D eigenvalue weighted by atomic mass is 10.1. The summed E-state index contributed by atoms with van der Waals surface area (Å²) in [5.41, 5.74) is 1.09. The molecule has 2 N–H and O–H groups in total. The Balaban J connectivity index is 1.95. The highest BCUT2D eigenvalue weighted by Gasteiger charge is 2.24. The summed E-state index contributed by atoms with van der Waals surface area (Å²) in [7, 11) is 0. The van der Waals surface area contributed by atoms with E-state index < -0.39 is 0 Å². The summed E-state index contributed by atoms with van der Waals surface area (Å²) in [5.74, 6) is -0.250. The van der Waals surface area contributed by atoms with Crippen molar-refractivity contribution in [3.8, 4) is 0 Å². The third-order valence-corrected chi connectivity index (χ3v) is 4.49. The molecule has 1 aromatic rings. The van der Waals surface area contributed by atoms with E-state index >= 15 is 0 Å². The predicted octanol–water partition coefficient (Wildman–Crippen LogP) is 3.13. The lowest BCUT2D eigenvalue weighted by Gasteiger charge is -2.35. The second-order valence-corrected chi connectivity index (χ2v) is 6.84. The lowest BCUT2D eigenvalue weighted by molar-refractivity contribution is -0.121. The highest BCUT2D eigenvalue weighted by molar-refractivity contribution is 6.33. The second kappa shape index (κ2) is 9.17. The van der Waals surface area contributed by atoms with Gasteiger partial charge >= 0.3 is 0 Å². The van der Waals surface area contributed by atoms with Crippen molar-refractivity contribution in [3.63, 3.8) is 0 Å². The summed E-state index contributed by atoms with van der Waals surface area (Å²) in [6.45, 7) is 8.32. The van der Waals surface area contributed by atoms with Crippen LogP contribution in [-0.2, 0) is 14.3 Å². The number of ether oxygens (including phenoxy) is 1. The molecule has 6 nitrogen and oxygen atoms in total. The van der Waals surface area contributed by atoms with Crippen molar-refractivity contribution in [2.75, 3.05) is 30.3 Å². The van der Waals surface area contributed by atoms with Crippen molar-refractivity contribution >= 4 is 34.8 Å². The van der Waals surface area contributed by atoms with Gasteiger partial charge in [0, 0.05) is 31.2 Å². The molecule has 1 heterocycles. The highest BCUT2D eigenvalue weighted by Crippen LogP contribution is 2.26.